The van der Waals surface area contributed by atoms with E-state index < -0.39 is 34.2 Å². The van der Waals surface area contributed by atoms with Crippen LogP contribution in [0.3, 0.4) is 0 Å². The number of carbonyl (C=O) groups is 1. The normalized spacial score (nSPS) is 11.8. The minimum atomic E-state index is -4.67. The number of nitrogens with one attached hydrogen (secondary N) is 1. The fraction of sp³-hybridized carbons (Fsp3) is 0.136. The highest BCUT2D eigenvalue weighted by molar-refractivity contribution is 9.10. The topological polar surface area (TPSA) is 66.5 Å². The molecule has 0 aliphatic heterocycles. The van der Waals surface area contributed by atoms with Crippen molar-refractivity contribution in [2.45, 2.75) is 18.0 Å². The summed E-state index contributed by atoms with van der Waals surface area (Å²) in [6.45, 7) is 1.06. The number of hydrogen-bond donors (Lipinski definition) is 1. The minimum absolute atomic E-state index is 0.142. The van der Waals surface area contributed by atoms with Crippen molar-refractivity contribution in [3.63, 3.8) is 0 Å². The molecule has 1 N–H and O–H groups in total. The Hall–Kier alpha value is -2.85. The summed E-state index contributed by atoms with van der Waals surface area (Å²) in [5.41, 5.74) is -0.0729. The van der Waals surface area contributed by atoms with Gasteiger partial charge in [-0.15, -0.1) is 0 Å². The Labute approximate surface area is 192 Å². The standard InChI is InChI=1S/C22H18BrF3N2O3S/c1-15-5-11-20(12-6-15)32(30,31)28(19-4-2-3-16(13-19)22(24,25)26)14-21(29)27-18-9-7-17(23)8-10-18/h2-13H,14H2,1H3,(H,27,29). The van der Waals surface area contributed by atoms with Gasteiger partial charge in [-0.1, -0.05) is 39.7 Å². The van der Waals surface area contributed by atoms with Crippen molar-refractivity contribution < 1.29 is 26.4 Å². The second-order valence-electron chi connectivity index (χ2n) is 6.93. The molecule has 0 fully saturated rings. The maximum atomic E-state index is 13.3. The quantitative estimate of drug-likeness (QED) is 0.453. The minimum Gasteiger partial charge on any atom is -0.325 e. The summed E-state index contributed by atoms with van der Waals surface area (Å²) in [6, 6.07) is 16.3. The van der Waals surface area contributed by atoms with Crippen LogP contribution in [0.5, 0.6) is 0 Å². The van der Waals surface area contributed by atoms with Crippen molar-refractivity contribution in [2.24, 2.45) is 0 Å². The van der Waals surface area contributed by atoms with E-state index >= 15 is 0 Å². The predicted octanol–water partition coefficient (Wildman–Crippen LogP) is 5.61. The number of carbonyl (C=O) groups excluding carboxylic acids is 1. The Morgan fingerprint density at radius 1 is 1.00 bits per heavy atom. The van der Waals surface area contributed by atoms with Gasteiger partial charge in [0.1, 0.15) is 6.54 Å². The summed E-state index contributed by atoms with van der Waals surface area (Å²) in [5, 5.41) is 2.56. The number of benzene rings is 3. The van der Waals surface area contributed by atoms with E-state index in [2.05, 4.69) is 21.2 Å². The summed E-state index contributed by atoms with van der Waals surface area (Å²) in [5.74, 6) is -0.708. The molecule has 1 amide bonds. The first-order chi connectivity index (χ1) is 15.0. The van der Waals surface area contributed by atoms with Crippen LogP contribution < -0.4 is 9.62 Å². The van der Waals surface area contributed by atoms with Crippen LogP contribution in [0.15, 0.2) is 82.2 Å². The molecule has 0 unspecified atom stereocenters. The van der Waals surface area contributed by atoms with Gasteiger partial charge in [0.2, 0.25) is 5.91 Å². The van der Waals surface area contributed by atoms with Gasteiger partial charge in [-0.25, -0.2) is 8.42 Å². The molecule has 0 spiro atoms. The molecule has 0 aliphatic rings. The van der Waals surface area contributed by atoms with Crippen LogP contribution in [0.25, 0.3) is 0 Å². The van der Waals surface area contributed by atoms with Crippen LogP contribution in [-0.4, -0.2) is 20.9 Å². The summed E-state index contributed by atoms with van der Waals surface area (Å²) in [7, 11) is -4.33. The van der Waals surface area contributed by atoms with E-state index in [0.29, 0.717) is 16.1 Å². The average molecular weight is 527 g/mol. The highest BCUT2D eigenvalue weighted by Crippen LogP contribution is 2.33. The average Bonchev–Trinajstić information content (AvgIpc) is 2.73. The van der Waals surface area contributed by atoms with E-state index in [1.165, 1.54) is 18.2 Å². The zero-order valence-corrected chi connectivity index (χ0v) is 19.1. The zero-order chi connectivity index (χ0) is 23.5. The first-order valence-electron chi connectivity index (χ1n) is 9.29. The van der Waals surface area contributed by atoms with Gasteiger partial charge in [0, 0.05) is 10.2 Å². The Kier molecular flexibility index (Phi) is 6.94. The SMILES string of the molecule is Cc1ccc(S(=O)(=O)N(CC(=O)Nc2ccc(Br)cc2)c2cccc(C(F)(F)F)c2)cc1. The first kappa shape index (κ1) is 23.8. The Bertz CT molecular complexity index is 1210. The smallest absolute Gasteiger partial charge is 0.325 e. The summed E-state index contributed by atoms with van der Waals surface area (Å²) in [4.78, 5) is 12.5. The van der Waals surface area contributed by atoms with E-state index in [1.54, 1.807) is 43.3 Å². The Morgan fingerprint density at radius 2 is 1.62 bits per heavy atom. The third-order valence-electron chi connectivity index (χ3n) is 4.49. The highest BCUT2D eigenvalue weighted by Gasteiger charge is 2.33. The molecule has 3 aromatic carbocycles. The fourth-order valence-electron chi connectivity index (χ4n) is 2.85. The number of alkyl halides is 3. The van der Waals surface area contributed by atoms with Crippen LogP contribution in [0.2, 0.25) is 0 Å². The van der Waals surface area contributed by atoms with Crippen molar-refractivity contribution in [1.29, 1.82) is 0 Å². The number of nitrogens with zero attached hydrogens (tertiary/aromatic N) is 1. The molecule has 0 saturated heterocycles. The highest BCUT2D eigenvalue weighted by atomic mass is 79.9. The van der Waals surface area contributed by atoms with Gasteiger partial charge >= 0.3 is 6.18 Å². The van der Waals surface area contributed by atoms with Crippen molar-refractivity contribution in [3.05, 3.63) is 88.4 Å². The predicted molar refractivity (Wildman–Crippen MR) is 120 cm³/mol. The molecule has 3 rings (SSSR count). The largest absolute Gasteiger partial charge is 0.416 e. The molecule has 0 bridgehead atoms. The monoisotopic (exact) mass is 526 g/mol. The first-order valence-corrected chi connectivity index (χ1v) is 11.5. The second kappa shape index (κ2) is 9.33. The van der Waals surface area contributed by atoms with Gasteiger partial charge < -0.3 is 5.32 Å². The molecule has 3 aromatic rings. The molecule has 32 heavy (non-hydrogen) atoms. The molecule has 5 nitrogen and oxygen atoms in total. The van der Waals surface area contributed by atoms with E-state index in [1.807, 2.05) is 0 Å². The molecular formula is C22H18BrF3N2O3S. The molecule has 0 aliphatic carbocycles. The molecule has 0 atom stereocenters. The summed E-state index contributed by atoms with van der Waals surface area (Å²) < 4.78 is 67.7. The number of anilines is 2. The molecule has 10 heteroatoms. The van der Waals surface area contributed by atoms with Gasteiger partial charge in [-0.3, -0.25) is 9.10 Å². The lowest BCUT2D eigenvalue weighted by molar-refractivity contribution is -0.137. The van der Waals surface area contributed by atoms with Crippen molar-refractivity contribution in [2.75, 3.05) is 16.2 Å². The summed E-state index contributed by atoms with van der Waals surface area (Å²) >= 11 is 3.27. The van der Waals surface area contributed by atoms with E-state index in [0.717, 1.165) is 22.2 Å². The number of halogens is 4. The van der Waals surface area contributed by atoms with Crippen LogP contribution in [0.4, 0.5) is 24.5 Å². The molecule has 0 heterocycles. The third kappa shape index (κ3) is 5.68. The fourth-order valence-corrected chi connectivity index (χ4v) is 4.53. The number of rotatable bonds is 6. The molecule has 0 aromatic heterocycles. The van der Waals surface area contributed by atoms with Gasteiger partial charge in [0.15, 0.2) is 0 Å². The number of aryl methyl sites for hydroxylation is 1. The van der Waals surface area contributed by atoms with Crippen molar-refractivity contribution in [1.82, 2.24) is 0 Å². The second-order valence-corrected chi connectivity index (χ2v) is 9.71. The van der Waals surface area contributed by atoms with Crippen LogP contribution in [0, 0.1) is 6.92 Å². The van der Waals surface area contributed by atoms with Gasteiger partial charge in [-0.05, 0) is 61.5 Å². The zero-order valence-electron chi connectivity index (χ0n) is 16.7. The van der Waals surface area contributed by atoms with E-state index in [-0.39, 0.29) is 10.6 Å². The number of amides is 1. The number of hydrogen-bond acceptors (Lipinski definition) is 3. The maximum Gasteiger partial charge on any atom is 0.416 e. The molecular weight excluding hydrogens is 509 g/mol. The van der Waals surface area contributed by atoms with Gasteiger partial charge in [0.05, 0.1) is 16.1 Å². The van der Waals surface area contributed by atoms with Gasteiger partial charge in [-0.2, -0.15) is 13.2 Å². The van der Waals surface area contributed by atoms with E-state index in [4.69, 9.17) is 0 Å². The number of sulfonamides is 1. The Balaban J connectivity index is 2.00. The van der Waals surface area contributed by atoms with Gasteiger partial charge in [0.25, 0.3) is 10.0 Å². The molecule has 168 valence electrons. The lowest BCUT2D eigenvalue weighted by Crippen LogP contribution is -2.38. The molecule has 0 saturated carbocycles. The summed E-state index contributed by atoms with van der Waals surface area (Å²) in [6.07, 6.45) is -4.67. The van der Waals surface area contributed by atoms with Crippen molar-refractivity contribution >= 4 is 43.2 Å². The maximum absolute atomic E-state index is 13.3. The molecule has 0 radical (unpaired) electrons. The van der Waals surface area contributed by atoms with Crippen molar-refractivity contribution in [3.8, 4) is 0 Å². The Morgan fingerprint density at radius 3 is 2.22 bits per heavy atom. The van der Waals surface area contributed by atoms with Crippen LogP contribution >= 0.6 is 15.9 Å². The third-order valence-corrected chi connectivity index (χ3v) is 6.80. The van der Waals surface area contributed by atoms with E-state index in [9.17, 15) is 26.4 Å². The van der Waals surface area contributed by atoms with Crippen LogP contribution in [-0.2, 0) is 21.0 Å². The lowest BCUT2D eigenvalue weighted by Gasteiger charge is -2.25. The lowest BCUT2D eigenvalue weighted by atomic mass is 10.2. The van der Waals surface area contributed by atoms with Crippen LogP contribution in [0.1, 0.15) is 11.1 Å².